The van der Waals surface area contributed by atoms with Crippen molar-refractivity contribution < 1.29 is 17.9 Å². The number of carbonyl (C=O) groups excluding carboxylic acids is 1. The number of nitrogens with zero attached hydrogens (tertiary/aromatic N) is 2. The van der Waals surface area contributed by atoms with E-state index < -0.39 is 10.0 Å². The summed E-state index contributed by atoms with van der Waals surface area (Å²) in [6.07, 6.45) is 0.778. The van der Waals surface area contributed by atoms with Crippen molar-refractivity contribution >= 4 is 37.7 Å². The van der Waals surface area contributed by atoms with Crippen molar-refractivity contribution in [2.24, 2.45) is 0 Å². The molecule has 0 saturated carbocycles. The number of cyclic esters (lactones) is 1. The van der Waals surface area contributed by atoms with Gasteiger partial charge < -0.3 is 4.74 Å². The number of ether oxygens (including phenoxy) is 1. The van der Waals surface area contributed by atoms with Gasteiger partial charge in [-0.2, -0.15) is 4.31 Å². The van der Waals surface area contributed by atoms with E-state index in [1.165, 1.54) is 4.31 Å². The number of benzene rings is 2. The maximum atomic E-state index is 13.0. The molecule has 154 valence electrons. The van der Waals surface area contributed by atoms with Crippen molar-refractivity contribution in [1.29, 1.82) is 0 Å². The smallest absolute Gasteiger partial charge is 0.414 e. The monoisotopic (exact) mass is 478 g/mol. The summed E-state index contributed by atoms with van der Waals surface area (Å²) in [5.74, 6) is 0. The number of halogens is 1. The number of carbonyl (C=O) groups is 1. The molecule has 2 aliphatic heterocycles. The fourth-order valence-electron chi connectivity index (χ4n) is 3.99. The van der Waals surface area contributed by atoms with Crippen molar-refractivity contribution in [3.8, 4) is 0 Å². The predicted octanol–water partition coefficient (Wildman–Crippen LogP) is 4.38. The molecule has 0 unspecified atom stereocenters. The molecule has 29 heavy (non-hydrogen) atoms. The zero-order valence-electron chi connectivity index (χ0n) is 16.4. The molecule has 0 bridgehead atoms. The summed E-state index contributed by atoms with van der Waals surface area (Å²) in [5, 5.41) is 0. The van der Waals surface area contributed by atoms with Crippen LogP contribution in [0.3, 0.4) is 0 Å². The summed E-state index contributed by atoms with van der Waals surface area (Å²) in [6.45, 7) is 4.90. The molecule has 0 radical (unpaired) electrons. The summed E-state index contributed by atoms with van der Waals surface area (Å²) in [6, 6.07) is 11.0. The number of sulfonamides is 1. The van der Waals surface area contributed by atoms with Crippen molar-refractivity contribution in [3.63, 3.8) is 0 Å². The molecule has 0 spiro atoms. The normalized spacial score (nSPS) is 18.4. The Balaban J connectivity index is 1.52. The summed E-state index contributed by atoms with van der Waals surface area (Å²) in [5.41, 5.74) is 3.86. The van der Waals surface area contributed by atoms with E-state index >= 15 is 0 Å². The van der Waals surface area contributed by atoms with Gasteiger partial charge in [-0.3, -0.25) is 4.90 Å². The highest BCUT2D eigenvalue weighted by molar-refractivity contribution is 9.10. The van der Waals surface area contributed by atoms with Gasteiger partial charge in [0.2, 0.25) is 10.0 Å². The van der Waals surface area contributed by atoms with Gasteiger partial charge in [0, 0.05) is 29.2 Å². The summed E-state index contributed by atoms with van der Waals surface area (Å²) >= 11 is 3.41. The molecular formula is C21H23BrN2O4S. The van der Waals surface area contributed by atoms with E-state index in [-0.39, 0.29) is 18.7 Å². The molecule has 1 fully saturated rings. The minimum absolute atomic E-state index is 0.0811. The Labute approximate surface area is 179 Å². The first-order chi connectivity index (χ1) is 13.8. The Morgan fingerprint density at radius 1 is 1.07 bits per heavy atom. The first-order valence-corrected chi connectivity index (χ1v) is 11.8. The van der Waals surface area contributed by atoms with Crippen LogP contribution in [0, 0.1) is 13.8 Å². The minimum Gasteiger partial charge on any atom is -0.444 e. The Morgan fingerprint density at radius 2 is 1.79 bits per heavy atom. The van der Waals surface area contributed by atoms with Gasteiger partial charge >= 0.3 is 6.09 Å². The maximum Gasteiger partial charge on any atom is 0.414 e. The highest BCUT2D eigenvalue weighted by Crippen LogP contribution is 2.33. The lowest BCUT2D eigenvalue weighted by Gasteiger charge is -2.39. The molecule has 1 amide bonds. The van der Waals surface area contributed by atoms with E-state index in [1.54, 1.807) is 23.1 Å². The van der Waals surface area contributed by atoms with E-state index in [4.69, 9.17) is 4.74 Å². The van der Waals surface area contributed by atoms with Crippen LogP contribution in [0.4, 0.5) is 10.5 Å². The molecule has 0 atom stereocenters. The van der Waals surface area contributed by atoms with Crippen LogP contribution in [0.25, 0.3) is 0 Å². The Hall–Kier alpha value is -1.90. The molecule has 0 aliphatic carbocycles. The van der Waals surface area contributed by atoms with Gasteiger partial charge in [-0.1, -0.05) is 33.6 Å². The van der Waals surface area contributed by atoms with E-state index in [0.717, 1.165) is 26.9 Å². The predicted molar refractivity (Wildman–Crippen MR) is 115 cm³/mol. The second-order valence-corrected chi connectivity index (χ2v) is 10.4. The largest absolute Gasteiger partial charge is 0.444 e. The van der Waals surface area contributed by atoms with E-state index in [0.29, 0.717) is 30.8 Å². The van der Waals surface area contributed by atoms with Crippen LogP contribution in [-0.2, 0) is 21.4 Å². The molecular weight excluding hydrogens is 456 g/mol. The second-order valence-electron chi connectivity index (χ2n) is 7.60. The molecule has 1 saturated heterocycles. The SMILES string of the molecule is Cc1ccc2c(c1)COC(=O)N2C1CCN(S(=O)(=O)c2ccc(Br)c(C)c2)CC1. The van der Waals surface area contributed by atoms with E-state index in [9.17, 15) is 13.2 Å². The molecule has 2 aromatic carbocycles. The molecule has 4 rings (SSSR count). The average Bonchev–Trinajstić information content (AvgIpc) is 2.70. The highest BCUT2D eigenvalue weighted by atomic mass is 79.9. The summed E-state index contributed by atoms with van der Waals surface area (Å²) in [4.78, 5) is 14.5. The van der Waals surface area contributed by atoms with Crippen LogP contribution < -0.4 is 4.90 Å². The Bertz CT molecular complexity index is 1060. The number of fused-ring (bicyclic) bond motifs is 1. The first kappa shape index (κ1) is 20.4. The zero-order valence-corrected chi connectivity index (χ0v) is 18.8. The number of aryl methyl sites for hydroxylation is 2. The molecule has 8 heteroatoms. The molecule has 2 heterocycles. The molecule has 2 aliphatic rings. The van der Waals surface area contributed by atoms with Gasteiger partial charge in [0.15, 0.2) is 0 Å². The number of rotatable bonds is 3. The van der Waals surface area contributed by atoms with Crippen LogP contribution in [0.15, 0.2) is 45.8 Å². The quantitative estimate of drug-likeness (QED) is 0.656. The molecule has 0 N–H and O–H groups in total. The maximum absolute atomic E-state index is 13.0. The van der Waals surface area contributed by atoms with Crippen LogP contribution in [0.2, 0.25) is 0 Å². The fraction of sp³-hybridized carbons (Fsp3) is 0.381. The summed E-state index contributed by atoms with van der Waals surface area (Å²) < 4.78 is 33.8. The van der Waals surface area contributed by atoms with Crippen molar-refractivity contribution in [2.75, 3.05) is 18.0 Å². The lowest BCUT2D eigenvalue weighted by Crippen LogP contribution is -2.50. The van der Waals surface area contributed by atoms with Crippen LogP contribution in [0.5, 0.6) is 0 Å². The fourth-order valence-corrected chi connectivity index (χ4v) is 5.79. The van der Waals surface area contributed by atoms with Crippen LogP contribution in [0.1, 0.15) is 29.5 Å². The number of piperidine rings is 1. The molecule has 0 aromatic heterocycles. The average molecular weight is 479 g/mol. The lowest BCUT2D eigenvalue weighted by molar-refractivity contribution is 0.135. The summed E-state index contributed by atoms with van der Waals surface area (Å²) in [7, 11) is -3.56. The first-order valence-electron chi connectivity index (χ1n) is 9.59. The third-order valence-corrected chi connectivity index (χ3v) is 8.38. The second kappa shape index (κ2) is 7.74. The number of amides is 1. The lowest BCUT2D eigenvalue weighted by atomic mass is 10.0. The zero-order chi connectivity index (χ0) is 20.8. The van der Waals surface area contributed by atoms with Crippen molar-refractivity contribution in [2.45, 2.75) is 44.2 Å². The van der Waals surface area contributed by atoms with Gasteiger partial charge in [0.25, 0.3) is 0 Å². The third-order valence-electron chi connectivity index (χ3n) is 5.60. The number of hydrogen-bond donors (Lipinski definition) is 0. The van der Waals surface area contributed by atoms with Crippen LogP contribution in [-0.4, -0.2) is 37.9 Å². The number of hydrogen-bond acceptors (Lipinski definition) is 4. The Kier molecular flexibility index (Phi) is 5.44. The van der Waals surface area contributed by atoms with Gasteiger partial charge in [-0.25, -0.2) is 13.2 Å². The third kappa shape index (κ3) is 3.81. The number of anilines is 1. The topological polar surface area (TPSA) is 66.9 Å². The van der Waals surface area contributed by atoms with Gasteiger partial charge in [-0.05, 0) is 56.5 Å². The van der Waals surface area contributed by atoms with Gasteiger partial charge in [-0.15, -0.1) is 0 Å². The van der Waals surface area contributed by atoms with Gasteiger partial charge in [0.1, 0.15) is 6.61 Å². The standard InChI is InChI=1S/C21H23BrN2O4S/c1-14-3-6-20-16(11-14)13-28-21(25)24(20)17-7-9-23(10-8-17)29(26,27)18-4-5-19(22)15(2)12-18/h3-6,11-12,17H,7-10,13H2,1-2H3. The van der Waals surface area contributed by atoms with Gasteiger partial charge in [0.05, 0.1) is 10.6 Å². The highest BCUT2D eigenvalue weighted by Gasteiger charge is 2.37. The molecule has 6 nitrogen and oxygen atoms in total. The van der Waals surface area contributed by atoms with E-state index in [1.807, 2.05) is 32.0 Å². The van der Waals surface area contributed by atoms with E-state index in [2.05, 4.69) is 15.9 Å². The van der Waals surface area contributed by atoms with Crippen LogP contribution >= 0.6 is 15.9 Å². The van der Waals surface area contributed by atoms with Crippen molar-refractivity contribution in [1.82, 2.24) is 4.31 Å². The van der Waals surface area contributed by atoms with Crippen molar-refractivity contribution in [3.05, 3.63) is 57.6 Å². The Morgan fingerprint density at radius 3 is 2.48 bits per heavy atom. The molecule has 2 aromatic rings. The minimum atomic E-state index is -3.56.